The third-order valence-corrected chi connectivity index (χ3v) is 9.70. The van der Waals surface area contributed by atoms with Crippen molar-refractivity contribution in [3.05, 3.63) is 169 Å². The van der Waals surface area contributed by atoms with Gasteiger partial charge in [0, 0.05) is 43.9 Å². The topological polar surface area (TPSA) is 56.7 Å². The number of nitrogens with zero attached hydrogens (tertiary/aromatic N) is 4. The molecule has 0 unspecified atom stereocenters. The van der Waals surface area contributed by atoms with Crippen molar-refractivity contribution in [2.75, 3.05) is 0 Å². The molecule has 5 nitrogen and oxygen atoms in total. The van der Waals surface area contributed by atoms with Crippen LogP contribution in [0.5, 0.6) is 0 Å². The molecule has 0 saturated carbocycles. The van der Waals surface area contributed by atoms with Crippen molar-refractivity contribution < 1.29 is 4.42 Å². The standard InChI is InChI=1S/C46H30N4O/c1-29-12-10-17-34(26-29)50-39-20-9-8-18-35(39)37-27-32(22-24-40(37)50)33-23-25-41-38(28-33)43-36(19-11-21-42(43)51-41)46-48-44(30-13-4-2-5-14-30)47-45(49-46)31-15-6-3-7-16-31/h2-28H,1H3. The van der Waals surface area contributed by atoms with E-state index in [1.54, 1.807) is 0 Å². The van der Waals surface area contributed by atoms with Gasteiger partial charge in [0.15, 0.2) is 17.5 Å². The number of hydrogen-bond donors (Lipinski definition) is 0. The van der Waals surface area contributed by atoms with Gasteiger partial charge in [-0.1, -0.05) is 115 Å². The van der Waals surface area contributed by atoms with Gasteiger partial charge in [-0.2, -0.15) is 0 Å². The molecule has 0 N–H and O–H groups in total. The number of aryl methyl sites for hydroxylation is 1. The fourth-order valence-electron chi connectivity index (χ4n) is 7.32. The van der Waals surface area contributed by atoms with Gasteiger partial charge in [0.2, 0.25) is 0 Å². The second-order valence-electron chi connectivity index (χ2n) is 13.0. The van der Waals surface area contributed by atoms with Crippen molar-refractivity contribution in [3.63, 3.8) is 0 Å². The van der Waals surface area contributed by atoms with Crippen molar-refractivity contribution in [2.45, 2.75) is 6.92 Å². The molecule has 0 aliphatic heterocycles. The maximum absolute atomic E-state index is 6.45. The Kier molecular flexibility index (Phi) is 6.64. The molecule has 7 aromatic carbocycles. The van der Waals surface area contributed by atoms with Gasteiger partial charge in [0.1, 0.15) is 11.2 Å². The number of hydrogen-bond acceptors (Lipinski definition) is 4. The van der Waals surface area contributed by atoms with Crippen molar-refractivity contribution in [3.8, 4) is 51.0 Å². The number of rotatable bonds is 5. The van der Waals surface area contributed by atoms with Crippen LogP contribution in [0.15, 0.2) is 168 Å². The monoisotopic (exact) mass is 654 g/mol. The Labute approximate surface area is 294 Å². The number of fused-ring (bicyclic) bond motifs is 6. The van der Waals surface area contributed by atoms with Gasteiger partial charge in [0.05, 0.1) is 11.0 Å². The zero-order valence-electron chi connectivity index (χ0n) is 27.8. The van der Waals surface area contributed by atoms with E-state index in [2.05, 4.69) is 102 Å². The summed E-state index contributed by atoms with van der Waals surface area (Å²) >= 11 is 0. The van der Waals surface area contributed by atoms with Crippen LogP contribution in [-0.2, 0) is 0 Å². The third kappa shape index (κ3) is 4.90. The van der Waals surface area contributed by atoms with Crippen LogP contribution in [0.4, 0.5) is 0 Å². The van der Waals surface area contributed by atoms with E-state index < -0.39 is 0 Å². The van der Waals surface area contributed by atoms with Crippen LogP contribution >= 0.6 is 0 Å². The van der Waals surface area contributed by atoms with Gasteiger partial charge in [-0.3, -0.25) is 0 Å². The Morgan fingerprint density at radius 1 is 0.431 bits per heavy atom. The largest absolute Gasteiger partial charge is 0.456 e. The molecule has 0 spiro atoms. The summed E-state index contributed by atoms with van der Waals surface area (Å²) in [5.41, 5.74) is 11.4. The average Bonchev–Trinajstić information content (AvgIpc) is 3.73. The second-order valence-corrected chi connectivity index (χ2v) is 13.0. The lowest BCUT2D eigenvalue weighted by atomic mass is 9.99. The van der Waals surface area contributed by atoms with Gasteiger partial charge in [-0.15, -0.1) is 0 Å². The minimum absolute atomic E-state index is 0.604. The van der Waals surface area contributed by atoms with Crippen LogP contribution in [0, 0.1) is 6.92 Å². The molecule has 0 fully saturated rings. The molecule has 240 valence electrons. The van der Waals surface area contributed by atoms with Crippen LogP contribution in [0.3, 0.4) is 0 Å². The summed E-state index contributed by atoms with van der Waals surface area (Å²) in [7, 11) is 0. The van der Waals surface area contributed by atoms with E-state index in [1.165, 1.54) is 27.4 Å². The molecular weight excluding hydrogens is 625 g/mol. The maximum Gasteiger partial charge on any atom is 0.164 e. The quantitative estimate of drug-likeness (QED) is 0.185. The van der Waals surface area contributed by atoms with Crippen molar-refractivity contribution >= 4 is 43.7 Å². The molecule has 0 aliphatic rings. The molecule has 10 aromatic rings. The summed E-state index contributed by atoms with van der Waals surface area (Å²) in [6.45, 7) is 2.14. The van der Waals surface area contributed by atoms with E-state index in [0.29, 0.717) is 17.5 Å². The van der Waals surface area contributed by atoms with Crippen LogP contribution in [0.1, 0.15) is 5.56 Å². The summed E-state index contributed by atoms with van der Waals surface area (Å²) in [5.74, 6) is 1.86. The van der Waals surface area contributed by atoms with Gasteiger partial charge >= 0.3 is 0 Å². The number of benzene rings is 7. The zero-order valence-corrected chi connectivity index (χ0v) is 27.8. The lowest BCUT2D eigenvalue weighted by Crippen LogP contribution is -2.00. The van der Waals surface area contributed by atoms with Crippen molar-refractivity contribution in [1.82, 2.24) is 19.5 Å². The molecule has 0 aliphatic carbocycles. The Morgan fingerprint density at radius 2 is 1.06 bits per heavy atom. The van der Waals surface area contributed by atoms with Crippen LogP contribution in [0.25, 0.3) is 94.7 Å². The first kappa shape index (κ1) is 29.1. The summed E-state index contributed by atoms with van der Waals surface area (Å²) in [5, 5.41) is 4.44. The van der Waals surface area contributed by atoms with E-state index in [9.17, 15) is 0 Å². The fraction of sp³-hybridized carbons (Fsp3) is 0.0217. The first-order valence-corrected chi connectivity index (χ1v) is 17.1. The minimum atomic E-state index is 0.604. The number of aromatic nitrogens is 4. The van der Waals surface area contributed by atoms with Gasteiger partial charge in [-0.25, -0.2) is 15.0 Å². The molecular formula is C46H30N4O. The summed E-state index contributed by atoms with van der Waals surface area (Å²) in [6, 6.07) is 56.8. The smallest absolute Gasteiger partial charge is 0.164 e. The van der Waals surface area contributed by atoms with Crippen LogP contribution in [0.2, 0.25) is 0 Å². The van der Waals surface area contributed by atoms with Crippen molar-refractivity contribution in [1.29, 1.82) is 0 Å². The lowest BCUT2D eigenvalue weighted by molar-refractivity contribution is 0.669. The molecule has 0 amide bonds. The highest BCUT2D eigenvalue weighted by Gasteiger charge is 2.19. The fourth-order valence-corrected chi connectivity index (χ4v) is 7.32. The second kappa shape index (κ2) is 11.6. The van der Waals surface area contributed by atoms with Gasteiger partial charge in [-0.05, 0) is 72.1 Å². The Morgan fingerprint density at radius 3 is 1.80 bits per heavy atom. The van der Waals surface area contributed by atoms with Crippen LogP contribution < -0.4 is 0 Å². The Hall–Kier alpha value is -6.85. The lowest BCUT2D eigenvalue weighted by Gasteiger charge is -2.10. The number of furan rings is 1. The molecule has 3 aromatic heterocycles. The van der Waals surface area contributed by atoms with E-state index in [4.69, 9.17) is 19.4 Å². The average molecular weight is 655 g/mol. The van der Waals surface area contributed by atoms with Gasteiger partial charge < -0.3 is 8.98 Å². The van der Waals surface area contributed by atoms with E-state index in [0.717, 1.165) is 55.4 Å². The molecule has 0 bridgehead atoms. The predicted molar refractivity (Wildman–Crippen MR) is 208 cm³/mol. The van der Waals surface area contributed by atoms with E-state index in [1.807, 2.05) is 72.8 Å². The number of para-hydroxylation sites is 1. The first-order chi connectivity index (χ1) is 25.2. The molecule has 0 radical (unpaired) electrons. The van der Waals surface area contributed by atoms with E-state index in [-0.39, 0.29) is 0 Å². The minimum Gasteiger partial charge on any atom is -0.456 e. The molecule has 0 atom stereocenters. The molecule has 51 heavy (non-hydrogen) atoms. The molecule has 0 saturated heterocycles. The normalized spacial score (nSPS) is 11.6. The predicted octanol–water partition coefficient (Wildman–Crippen LogP) is 11.8. The Bertz CT molecular complexity index is 2870. The summed E-state index contributed by atoms with van der Waals surface area (Å²) in [4.78, 5) is 15.0. The van der Waals surface area contributed by atoms with Crippen LogP contribution in [-0.4, -0.2) is 19.5 Å². The summed E-state index contributed by atoms with van der Waals surface area (Å²) < 4.78 is 8.81. The summed E-state index contributed by atoms with van der Waals surface area (Å²) in [6.07, 6.45) is 0. The third-order valence-electron chi connectivity index (χ3n) is 9.70. The van der Waals surface area contributed by atoms with Gasteiger partial charge in [0.25, 0.3) is 0 Å². The highest BCUT2D eigenvalue weighted by molar-refractivity contribution is 6.14. The molecule has 3 heterocycles. The Balaban J connectivity index is 1.16. The highest BCUT2D eigenvalue weighted by atomic mass is 16.3. The van der Waals surface area contributed by atoms with Crippen molar-refractivity contribution in [2.24, 2.45) is 0 Å². The maximum atomic E-state index is 6.45. The zero-order chi connectivity index (χ0) is 33.9. The highest BCUT2D eigenvalue weighted by Crippen LogP contribution is 2.40. The molecule has 5 heteroatoms. The first-order valence-electron chi connectivity index (χ1n) is 17.1. The SMILES string of the molecule is Cc1cccc(-n2c3ccccc3c3cc(-c4ccc5oc6cccc(-c7nc(-c8ccccc8)nc(-c8ccccc8)n7)c6c5c4)ccc32)c1. The van der Waals surface area contributed by atoms with E-state index >= 15 is 0 Å². The molecule has 10 rings (SSSR count).